The first kappa shape index (κ1) is 14.8. The van der Waals surface area contributed by atoms with E-state index in [1.165, 1.54) is 6.42 Å². The van der Waals surface area contributed by atoms with Gasteiger partial charge < -0.3 is 15.4 Å². The monoisotopic (exact) mass is 279 g/mol. The van der Waals surface area contributed by atoms with Crippen LogP contribution in [0.2, 0.25) is 0 Å². The number of aromatic nitrogens is 3. The van der Waals surface area contributed by atoms with Gasteiger partial charge in [-0.15, -0.1) is 0 Å². The summed E-state index contributed by atoms with van der Waals surface area (Å²) >= 11 is 0. The summed E-state index contributed by atoms with van der Waals surface area (Å²) in [6.45, 7) is 10.4. The summed E-state index contributed by atoms with van der Waals surface area (Å²) in [6, 6.07) is 0.311. The average Bonchev–Trinajstić information content (AvgIpc) is 2.48. The van der Waals surface area contributed by atoms with E-state index in [0.29, 0.717) is 17.4 Å². The molecule has 0 aliphatic carbocycles. The average molecular weight is 279 g/mol. The van der Waals surface area contributed by atoms with Crippen LogP contribution in [0.4, 0.5) is 11.9 Å². The Kier molecular flexibility index (Phi) is 4.30. The lowest BCUT2D eigenvalue weighted by Gasteiger charge is -2.23. The molecule has 0 aromatic carbocycles. The Morgan fingerprint density at radius 1 is 1.15 bits per heavy atom. The van der Waals surface area contributed by atoms with Gasteiger partial charge >= 0.3 is 6.01 Å². The zero-order valence-electron chi connectivity index (χ0n) is 12.9. The summed E-state index contributed by atoms with van der Waals surface area (Å²) in [5, 5.41) is 0. The molecular weight excluding hydrogens is 254 g/mol. The van der Waals surface area contributed by atoms with E-state index in [2.05, 4.69) is 33.7 Å². The summed E-state index contributed by atoms with van der Waals surface area (Å²) in [6.07, 6.45) is 3.50. The van der Waals surface area contributed by atoms with Crippen LogP contribution in [0.25, 0.3) is 0 Å². The molecule has 2 rings (SSSR count). The number of rotatable bonds is 3. The van der Waals surface area contributed by atoms with E-state index in [1.807, 2.05) is 13.8 Å². The molecule has 1 aromatic rings. The smallest absolute Gasteiger partial charge is 0.323 e. The van der Waals surface area contributed by atoms with Crippen molar-refractivity contribution >= 4 is 11.9 Å². The topological polar surface area (TPSA) is 77.2 Å². The van der Waals surface area contributed by atoms with Crippen molar-refractivity contribution in [1.29, 1.82) is 0 Å². The summed E-state index contributed by atoms with van der Waals surface area (Å²) < 4.78 is 5.53. The Bertz CT molecular complexity index is 461. The summed E-state index contributed by atoms with van der Waals surface area (Å²) in [4.78, 5) is 14.9. The highest BCUT2D eigenvalue weighted by atomic mass is 16.5. The van der Waals surface area contributed by atoms with Crippen LogP contribution in [0.5, 0.6) is 6.01 Å². The molecule has 2 N–H and O–H groups in total. The molecule has 1 fully saturated rings. The van der Waals surface area contributed by atoms with Crippen molar-refractivity contribution in [3.05, 3.63) is 0 Å². The van der Waals surface area contributed by atoms with E-state index in [4.69, 9.17) is 10.5 Å². The third-order valence-corrected chi connectivity index (χ3v) is 3.58. The van der Waals surface area contributed by atoms with Crippen LogP contribution in [0.1, 0.15) is 47.0 Å². The van der Waals surface area contributed by atoms with E-state index in [0.717, 1.165) is 25.9 Å². The van der Waals surface area contributed by atoms with Crippen LogP contribution in [0, 0.1) is 5.41 Å². The SMILES string of the molecule is CC(C)Oc1nc(N)nc(N2CCCC(C)(C)CC2)n1. The lowest BCUT2D eigenvalue weighted by atomic mass is 9.85. The van der Waals surface area contributed by atoms with Crippen LogP contribution < -0.4 is 15.4 Å². The molecule has 112 valence electrons. The summed E-state index contributed by atoms with van der Waals surface area (Å²) in [5.74, 6) is 0.847. The van der Waals surface area contributed by atoms with Crippen LogP contribution in [-0.4, -0.2) is 34.1 Å². The van der Waals surface area contributed by atoms with E-state index < -0.39 is 0 Å². The number of nitrogens with two attached hydrogens (primary N) is 1. The minimum Gasteiger partial charge on any atom is -0.461 e. The van der Waals surface area contributed by atoms with Crippen molar-refractivity contribution in [1.82, 2.24) is 15.0 Å². The zero-order chi connectivity index (χ0) is 14.8. The third kappa shape index (κ3) is 3.95. The van der Waals surface area contributed by atoms with Gasteiger partial charge in [-0.3, -0.25) is 0 Å². The largest absolute Gasteiger partial charge is 0.461 e. The highest BCUT2D eigenvalue weighted by molar-refractivity contribution is 5.36. The fourth-order valence-electron chi connectivity index (χ4n) is 2.39. The van der Waals surface area contributed by atoms with Gasteiger partial charge in [-0.05, 0) is 38.5 Å². The molecule has 1 aliphatic rings. The Morgan fingerprint density at radius 3 is 2.60 bits per heavy atom. The van der Waals surface area contributed by atoms with E-state index in [9.17, 15) is 0 Å². The standard InChI is InChI=1S/C14H25N5O/c1-10(2)20-13-17-11(15)16-12(18-13)19-8-5-6-14(3,4)7-9-19/h10H,5-9H2,1-4H3,(H2,15,16,17,18). The highest BCUT2D eigenvalue weighted by Crippen LogP contribution is 2.31. The number of ether oxygens (including phenoxy) is 1. The second-order valence-corrected chi connectivity index (χ2v) is 6.45. The molecule has 6 heteroatoms. The summed E-state index contributed by atoms with van der Waals surface area (Å²) in [7, 11) is 0. The normalized spacial score (nSPS) is 18.9. The van der Waals surface area contributed by atoms with Gasteiger partial charge in [0.15, 0.2) is 0 Å². The van der Waals surface area contributed by atoms with Crippen LogP contribution >= 0.6 is 0 Å². The van der Waals surface area contributed by atoms with Gasteiger partial charge in [-0.2, -0.15) is 15.0 Å². The number of hydrogen-bond donors (Lipinski definition) is 1. The Balaban J connectivity index is 2.17. The third-order valence-electron chi connectivity index (χ3n) is 3.58. The lowest BCUT2D eigenvalue weighted by Crippen LogP contribution is -2.28. The molecule has 6 nitrogen and oxygen atoms in total. The second kappa shape index (κ2) is 5.81. The Hall–Kier alpha value is -1.59. The van der Waals surface area contributed by atoms with Crippen molar-refractivity contribution in [2.45, 2.75) is 53.1 Å². The number of nitrogens with zero attached hydrogens (tertiary/aromatic N) is 4. The fourth-order valence-corrected chi connectivity index (χ4v) is 2.39. The van der Waals surface area contributed by atoms with Gasteiger partial charge in [0.2, 0.25) is 11.9 Å². The molecule has 0 amide bonds. The van der Waals surface area contributed by atoms with E-state index in [1.54, 1.807) is 0 Å². The van der Waals surface area contributed by atoms with Gasteiger partial charge in [-0.1, -0.05) is 13.8 Å². The van der Waals surface area contributed by atoms with Gasteiger partial charge in [0.25, 0.3) is 0 Å². The van der Waals surface area contributed by atoms with Crippen LogP contribution in [0.3, 0.4) is 0 Å². The minimum absolute atomic E-state index is 0.0210. The quantitative estimate of drug-likeness (QED) is 0.914. The van der Waals surface area contributed by atoms with Crippen LogP contribution in [0.15, 0.2) is 0 Å². The van der Waals surface area contributed by atoms with Gasteiger partial charge in [0.1, 0.15) is 0 Å². The molecule has 0 bridgehead atoms. The van der Waals surface area contributed by atoms with Crippen molar-refractivity contribution in [3.63, 3.8) is 0 Å². The van der Waals surface area contributed by atoms with Crippen molar-refractivity contribution < 1.29 is 4.74 Å². The predicted octanol–water partition coefficient (Wildman–Crippen LogP) is 2.26. The molecule has 0 unspecified atom stereocenters. The molecule has 1 saturated heterocycles. The number of hydrogen-bond acceptors (Lipinski definition) is 6. The first-order chi connectivity index (χ1) is 9.35. The van der Waals surface area contributed by atoms with Gasteiger partial charge in [0, 0.05) is 13.1 Å². The Labute approximate surface area is 120 Å². The van der Waals surface area contributed by atoms with Gasteiger partial charge in [-0.25, -0.2) is 0 Å². The minimum atomic E-state index is 0.0210. The first-order valence-electron chi connectivity index (χ1n) is 7.29. The highest BCUT2D eigenvalue weighted by Gasteiger charge is 2.24. The lowest BCUT2D eigenvalue weighted by molar-refractivity contribution is 0.222. The van der Waals surface area contributed by atoms with Gasteiger partial charge in [0.05, 0.1) is 6.10 Å². The molecule has 0 spiro atoms. The van der Waals surface area contributed by atoms with Crippen molar-refractivity contribution in [2.75, 3.05) is 23.7 Å². The van der Waals surface area contributed by atoms with Crippen LogP contribution in [-0.2, 0) is 0 Å². The summed E-state index contributed by atoms with van der Waals surface area (Å²) in [5.41, 5.74) is 6.14. The molecule has 0 atom stereocenters. The predicted molar refractivity (Wildman–Crippen MR) is 79.8 cm³/mol. The van der Waals surface area contributed by atoms with Crippen molar-refractivity contribution in [3.8, 4) is 6.01 Å². The fraction of sp³-hybridized carbons (Fsp3) is 0.786. The number of nitrogen functional groups attached to an aromatic ring is 1. The maximum absolute atomic E-state index is 5.77. The molecule has 1 aromatic heterocycles. The molecular formula is C14H25N5O. The maximum Gasteiger partial charge on any atom is 0.323 e. The molecule has 20 heavy (non-hydrogen) atoms. The number of anilines is 2. The maximum atomic E-state index is 5.77. The molecule has 2 heterocycles. The second-order valence-electron chi connectivity index (χ2n) is 6.45. The molecule has 0 radical (unpaired) electrons. The van der Waals surface area contributed by atoms with E-state index >= 15 is 0 Å². The Morgan fingerprint density at radius 2 is 1.90 bits per heavy atom. The molecule has 1 aliphatic heterocycles. The first-order valence-corrected chi connectivity index (χ1v) is 7.29. The van der Waals surface area contributed by atoms with Crippen molar-refractivity contribution in [2.24, 2.45) is 5.41 Å². The van der Waals surface area contributed by atoms with E-state index in [-0.39, 0.29) is 12.1 Å². The zero-order valence-corrected chi connectivity index (χ0v) is 12.9. The molecule has 0 saturated carbocycles.